The number of amides is 1. The lowest BCUT2D eigenvalue weighted by Gasteiger charge is -2.08. The molecule has 0 saturated heterocycles. The van der Waals surface area contributed by atoms with Crippen molar-refractivity contribution in [3.05, 3.63) is 46.5 Å². The highest BCUT2D eigenvalue weighted by molar-refractivity contribution is 7.99. The normalized spacial score (nSPS) is 12.8. The highest BCUT2D eigenvalue weighted by Crippen LogP contribution is 2.29. The average Bonchev–Trinajstić information content (AvgIpc) is 3.19. The molecule has 0 atom stereocenters. The van der Waals surface area contributed by atoms with Gasteiger partial charge in [-0.15, -0.1) is 11.8 Å². The number of fused-ring (bicyclic) bond motifs is 1. The lowest BCUT2D eigenvalue weighted by atomic mass is 10.2. The summed E-state index contributed by atoms with van der Waals surface area (Å²) in [7, 11) is 0. The first-order chi connectivity index (χ1) is 12.5. The fourth-order valence-electron chi connectivity index (χ4n) is 3.08. The molecule has 1 aliphatic carbocycles. The first-order valence-electron chi connectivity index (χ1n) is 8.42. The number of nitrogens with one attached hydrogen (secondary N) is 1. The maximum absolute atomic E-state index is 14.3. The SMILES string of the molecule is Cc1ccc(F)c(-n2nc(C(=O)NCCSCC(=O)O)c3c2CCC3)c1. The van der Waals surface area contributed by atoms with Crippen molar-refractivity contribution in [3.63, 3.8) is 0 Å². The molecule has 138 valence electrons. The van der Waals surface area contributed by atoms with Gasteiger partial charge in [-0.25, -0.2) is 9.07 Å². The number of carbonyl (C=O) groups excluding carboxylic acids is 1. The minimum absolute atomic E-state index is 0.00648. The smallest absolute Gasteiger partial charge is 0.313 e. The zero-order valence-electron chi connectivity index (χ0n) is 14.4. The van der Waals surface area contributed by atoms with Gasteiger partial charge >= 0.3 is 5.97 Å². The summed E-state index contributed by atoms with van der Waals surface area (Å²) in [5.41, 5.74) is 3.38. The molecule has 1 aliphatic rings. The van der Waals surface area contributed by atoms with Gasteiger partial charge in [0.15, 0.2) is 5.69 Å². The molecular weight excluding hydrogens is 357 g/mol. The molecule has 0 bridgehead atoms. The van der Waals surface area contributed by atoms with Gasteiger partial charge in [0.05, 0.1) is 5.75 Å². The number of hydrogen-bond acceptors (Lipinski definition) is 4. The second-order valence-corrected chi connectivity index (χ2v) is 7.30. The maximum Gasteiger partial charge on any atom is 0.313 e. The number of aryl methyl sites for hydroxylation is 1. The molecule has 0 aliphatic heterocycles. The van der Waals surface area contributed by atoms with Gasteiger partial charge < -0.3 is 10.4 Å². The quantitative estimate of drug-likeness (QED) is 0.724. The Kier molecular flexibility index (Phi) is 5.61. The number of nitrogens with zero attached hydrogens (tertiary/aromatic N) is 2. The highest BCUT2D eigenvalue weighted by Gasteiger charge is 2.27. The largest absolute Gasteiger partial charge is 0.481 e. The van der Waals surface area contributed by atoms with Crippen molar-refractivity contribution < 1.29 is 19.1 Å². The molecule has 2 aromatic rings. The number of carboxylic acid groups (broad SMARTS) is 1. The molecule has 3 rings (SSSR count). The number of carboxylic acids is 1. The second-order valence-electron chi connectivity index (χ2n) is 6.20. The molecule has 1 aromatic heterocycles. The van der Waals surface area contributed by atoms with Crippen molar-refractivity contribution in [2.45, 2.75) is 26.2 Å². The molecule has 0 saturated carbocycles. The van der Waals surface area contributed by atoms with Crippen LogP contribution < -0.4 is 5.32 Å². The van der Waals surface area contributed by atoms with E-state index in [1.165, 1.54) is 17.8 Å². The van der Waals surface area contributed by atoms with Gasteiger partial charge in [-0.3, -0.25) is 9.59 Å². The summed E-state index contributed by atoms with van der Waals surface area (Å²) in [6.07, 6.45) is 2.42. The van der Waals surface area contributed by atoms with E-state index in [1.54, 1.807) is 16.8 Å². The zero-order chi connectivity index (χ0) is 18.7. The second kappa shape index (κ2) is 7.90. The molecule has 0 radical (unpaired) electrons. The molecule has 26 heavy (non-hydrogen) atoms. The van der Waals surface area contributed by atoms with Gasteiger partial charge in [0.1, 0.15) is 11.5 Å². The Morgan fingerprint density at radius 2 is 2.19 bits per heavy atom. The third-order valence-corrected chi connectivity index (χ3v) is 5.18. The number of carbonyl (C=O) groups is 2. The Morgan fingerprint density at radius 1 is 1.38 bits per heavy atom. The van der Waals surface area contributed by atoms with Crippen molar-refractivity contribution in [1.82, 2.24) is 15.1 Å². The Bertz CT molecular complexity index is 850. The van der Waals surface area contributed by atoms with E-state index in [0.717, 1.165) is 36.1 Å². The van der Waals surface area contributed by atoms with Crippen LogP contribution in [0.15, 0.2) is 18.2 Å². The Morgan fingerprint density at radius 3 is 2.96 bits per heavy atom. The van der Waals surface area contributed by atoms with Crippen LogP contribution in [0.3, 0.4) is 0 Å². The molecular formula is C18H20FN3O3S. The number of aliphatic carboxylic acids is 1. The van der Waals surface area contributed by atoms with E-state index < -0.39 is 5.97 Å². The van der Waals surface area contributed by atoms with E-state index in [-0.39, 0.29) is 17.5 Å². The molecule has 6 nitrogen and oxygen atoms in total. The van der Waals surface area contributed by atoms with Crippen molar-refractivity contribution >= 4 is 23.6 Å². The summed E-state index contributed by atoms with van der Waals surface area (Å²) in [5, 5.41) is 15.8. The number of benzene rings is 1. The maximum atomic E-state index is 14.3. The van der Waals surface area contributed by atoms with Crippen molar-refractivity contribution in [3.8, 4) is 5.69 Å². The van der Waals surface area contributed by atoms with Crippen LogP contribution in [0.2, 0.25) is 0 Å². The topological polar surface area (TPSA) is 84.2 Å². The van der Waals surface area contributed by atoms with Crippen molar-refractivity contribution in [2.75, 3.05) is 18.1 Å². The van der Waals surface area contributed by atoms with Crippen LogP contribution in [-0.2, 0) is 17.6 Å². The lowest BCUT2D eigenvalue weighted by Crippen LogP contribution is -2.27. The van der Waals surface area contributed by atoms with E-state index in [2.05, 4.69) is 10.4 Å². The van der Waals surface area contributed by atoms with Gasteiger partial charge in [-0.05, 0) is 43.9 Å². The van der Waals surface area contributed by atoms with Gasteiger partial charge in [0.2, 0.25) is 0 Å². The summed E-state index contributed by atoms with van der Waals surface area (Å²) >= 11 is 1.24. The van der Waals surface area contributed by atoms with Crippen LogP contribution in [0.25, 0.3) is 5.69 Å². The fraction of sp³-hybridized carbons (Fsp3) is 0.389. The molecule has 0 fully saturated rings. The van der Waals surface area contributed by atoms with Gasteiger partial charge in [-0.2, -0.15) is 5.10 Å². The average molecular weight is 377 g/mol. The van der Waals surface area contributed by atoms with E-state index >= 15 is 0 Å². The monoisotopic (exact) mass is 377 g/mol. The minimum Gasteiger partial charge on any atom is -0.481 e. The van der Waals surface area contributed by atoms with E-state index in [0.29, 0.717) is 23.7 Å². The molecule has 8 heteroatoms. The zero-order valence-corrected chi connectivity index (χ0v) is 15.2. The Hall–Kier alpha value is -2.35. The Balaban J connectivity index is 1.78. The van der Waals surface area contributed by atoms with E-state index in [1.807, 2.05) is 6.92 Å². The molecule has 0 spiro atoms. The van der Waals surface area contributed by atoms with Crippen molar-refractivity contribution in [2.24, 2.45) is 0 Å². The van der Waals surface area contributed by atoms with Gasteiger partial charge in [0, 0.05) is 23.6 Å². The highest BCUT2D eigenvalue weighted by atomic mass is 32.2. The first kappa shape index (κ1) is 18.4. The predicted molar refractivity (Wildman–Crippen MR) is 97.6 cm³/mol. The summed E-state index contributed by atoms with van der Waals surface area (Å²) in [6.45, 7) is 2.24. The third kappa shape index (κ3) is 3.90. The third-order valence-electron chi connectivity index (χ3n) is 4.23. The number of thioether (sulfide) groups is 1. The van der Waals surface area contributed by atoms with Crippen LogP contribution in [-0.4, -0.2) is 44.8 Å². The molecule has 1 aromatic carbocycles. The summed E-state index contributed by atoms with van der Waals surface area (Å²) in [6, 6.07) is 4.84. The first-order valence-corrected chi connectivity index (χ1v) is 9.58. The van der Waals surface area contributed by atoms with Gasteiger partial charge in [0.25, 0.3) is 5.91 Å². The fourth-order valence-corrected chi connectivity index (χ4v) is 3.65. The Labute approximate surface area is 154 Å². The van der Waals surface area contributed by atoms with E-state index in [4.69, 9.17) is 5.11 Å². The van der Waals surface area contributed by atoms with Crippen LogP contribution >= 0.6 is 11.8 Å². The summed E-state index contributed by atoms with van der Waals surface area (Å²) in [5.74, 6) is -1.03. The molecule has 1 heterocycles. The minimum atomic E-state index is -0.877. The summed E-state index contributed by atoms with van der Waals surface area (Å²) < 4.78 is 15.8. The number of halogens is 1. The van der Waals surface area contributed by atoms with Crippen LogP contribution in [0.1, 0.15) is 33.7 Å². The standard InChI is InChI=1S/C18H20FN3O3S/c1-11-5-6-13(19)15(9-11)22-14-4-2-3-12(14)17(21-22)18(25)20-7-8-26-10-16(23)24/h5-6,9H,2-4,7-8,10H2,1H3,(H,20,25)(H,23,24). The number of rotatable bonds is 7. The van der Waals surface area contributed by atoms with Gasteiger partial charge in [-0.1, -0.05) is 6.07 Å². The number of aromatic nitrogens is 2. The predicted octanol–water partition coefficient (Wildman–Crippen LogP) is 2.36. The lowest BCUT2D eigenvalue weighted by molar-refractivity contribution is -0.133. The number of hydrogen-bond donors (Lipinski definition) is 2. The van der Waals surface area contributed by atoms with Crippen LogP contribution in [0.5, 0.6) is 0 Å². The molecule has 2 N–H and O–H groups in total. The van der Waals surface area contributed by atoms with Crippen molar-refractivity contribution in [1.29, 1.82) is 0 Å². The molecule has 1 amide bonds. The van der Waals surface area contributed by atoms with Crippen LogP contribution in [0.4, 0.5) is 4.39 Å². The summed E-state index contributed by atoms with van der Waals surface area (Å²) in [4.78, 5) is 23.0. The molecule has 0 unspecified atom stereocenters. The van der Waals surface area contributed by atoms with E-state index in [9.17, 15) is 14.0 Å². The van der Waals surface area contributed by atoms with Crippen LogP contribution in [0, 0.1) is 12.7 Å².